The summed E-state index contributed by atoms with van der Waals surface area (Å²) >= 11 is 0. The highest BCUT2D eigenvalue weighted by atomic mass is 32.2. The summed E-state index contributed by atoms with van der Waals surface area (Å²) in [7, 11) is -3.22. The van der Waals surface area contributed by atoms with Crippen LogP contribution in [0.1, 0.15) is 11.4 Å². The number of hydrogen-bond donors (Lipinski definition) is 0. The molecule has 1 aliphatic heterocycles. The maximum absolute atomic E-state index is 11.6. The molecule has 0 atom stereocenters. The molecule has 25 heavy (non-hydrogen) atoms. The highest BCUT2D eigenvalue weighted by molar-refractivity contribution is 7.90. The SMILES string of the molecule is CS(=O)(=O)c1ccc(-n2nnnc2CN2CCc3ccccc32)cc1. The van der Waals surface area contributed by atoms with Gasteiger partial charge < -0.3 is 4.90 Å². The van der Waals surface area contributed by atoms with E-state index in [-0.39, 0.29) is 4.90 Å². The fourth-order valence-corrected chi connectivity index (χ4v) is 3.71. The lowest BCUT2D eigenvalue weighted by Gasteiger charge is -2.18. The smallest absolute Gasteiger partial charge is 0.175 e. The molecule has 3 aromatic rings. The van der Waals surface area contributed by atoms with Crippen LogP contribution >= 0.6 is 0 Å². The Morgan fingerprint density at radius 2 is 1.84 bits per heavy atom. The number of tetrazole rings is 1. The predicted molar refractivity (Wildman–Crippen MR) is 93.5 cm³/mol. The topological polar surface area (TPSA) is 81.0 Å². The molecule has 0 aliphatic carbocycles. The van der Waals surface area contributed by atoms with E-state index in [1.165, 1.54) is 17.5 Å². The molecule has 0 unspecified atom stereocenters. The Bertz CT molecular complexity index is 1010. The lowest BCUT2D eigenvalue weighted by molar-refractivity contribution is 0.602. The number of hydrogen-bond acceptors (Lipinski definition) is 6. The van der Waals surface area contributed by atoms with Crippen LogP contribution < -0.4 is 4.90 Å². The maximum Gasteiger partial charge on any atom is 0.175 e. The van der Waals surface area contributed by atoms with Crippen molar-refractivity contribution < 1.29 is 8.42 Å². The van der Waals surface area contributed by atoms with E-state index in [0.717, 1.165) is 18.7 Å². The van der Waals surface area contributed by atoms with Crippen LogP contribution in [0.2, 0.25) is 0 Å². The highest BCUT2D eigenvalue weighted by Crippen LogP contribution is 2.28. The molecule has 8 heteroatoms. The van der Waals surface area contributed by atoms with E-state index in [2.05, 4.69) is 38.6 Å². The van der Waals surface area contributed by atoms with Crippen molar-refractivity contribution in [2.45, 2.75) is 17.9 Å². The van der Waals surface area contributed by atoms with Crippen molar-refractivity contribution >= 4 is 15.5 Å². The van der Waals surface area contributed by atoms with E-state index in [1.807, 2.05) is 6.07 Å². The number of nitrogens with zero attached hydrogens (tertiary/aromatic N) is 5. The zero-order chi connectivity index (χ0) is 17.4. The van der Waals surface area contributed by atoms with Crippen LogP contribution in [0.15, 0.2) is 53.4 Å². The molecule has 7 nitrogen and oxygen atoms in total. The first-order chi connectivity index (χ1) is 12.0. The quantitative estimate of drug-likeness (QED) is 0.708. The van der Waals surface area contributed by atoms with E-state index >= 15 is 0 Å². The first kappa shape index (κ1) is 15.8. The minimum atomic E-state index is -3.22. The molecule has 0 bridgehead atoms. The molecule has 0 spiro atoms. The van der Waals surface area contributed by atoms with Crippen LogP contribution in [-0.2, 0) is 22.8 Å². The Balaban J connectivity index is 1.62. The second kappa shape index (κ2) is 5.96. The highest BCUT2D eigenvalue weighted by Gasteiger charge is 2.21. The van der Waals surface area contributed by atoms with E-state index in [4.69, 9.17) is 0 Å². The van der Waals surface area contributed by atoms with Gasteiger partial charge in [0.05, 0.1) is 17.1 Å². The van der Waals surface area contributed by atoms with Gasteiger partial charge in [-0.3, -0.25) is 0 Å². The Morgan fingerprint density at radius 1 is 1.08 bits per heavy atom. The van der Waals surface area contributed by atoms with Crippen molar-refractivity contribution in [1.29, 1.82) is 0 Å². The van der Waals surface area contributed by atoms with Gasteiger partial charge in [0.2, 0.25) is 0 Å². The second-order valence-electron chi connectivity index (χ2n) is 6.07. The van der Waals surface area contributed by atoms with Gasteiger partial charge >= 0.3 is 0 Å². The molecule has 0 amide bonds. The third-order valence-electron chi connectivity index (χ3n) is 4.36. The Morgan fingerprint density at radius 3 is 2.60 bits per heavy atom. The van der Waals surface area contributed by atoms with E-state index < -0.39 is 9.84 Å². The van der Waals surface area contributed by atoms with Crippen LogP contribution in [0.5, 0.6) is 0 Å². The Labute approximate surface area is 145 Å². The number of rotatable bonds is 4. The van der Waals surface area contributed by atoms with Gasteiger partial charge in [0.15, 0.2) is 15.7 Å². The molecule has 0 radical (unpaired) electrons. The van der Waals surface area contributed by atoms with Gasteiger partial charge in [-0.1, -0.05) is 18.2 Å². The summed E-state index contributed by atoms with van der Waals surface area (Å²) in [5, 5.41) is 12.0. The molecule has 2 heterocycles. The molecule has 0 saturated carbocycles. The summed E-state index contributed by atoms with van der Waals surface area (Å²) in [4.78, 5) is 2.53. The number of para-hydroxylation sites is 1. The molecule has 128 valence electrons. The zero-order valence-electron chi connectivity index (χ0n) is 13.7. The molecular formula is C17H17N5O2S. The minimum Gasteiger partial charge on any atom is -0.363 e. The van der Waals surface area contributed by atoms with Gasteiger partial charge in [0.25, 0.3) is 0 Å². The van der Waals surface area contributed by atoms with Gasteiger partial charge in [-0.25, -0.2) is 8.42 Å². The molecule has 0 fully saturated rings. The fourth-order valence-electron chi connectivity index (χ4n) is 3.08. The number of fused-ring (bicyclic) bond motifs is 1. The summed E-state index contributed by atoms with van der Waals surface area (Å²) in [6.07, 6.45) is 2.20. The van der Waals surface area contributed by atoms with Crippen LogP contribution in [-0.4, -0.2) is 41.4 Å². The number of anilines is 1. The van der Waals surface area contributed by atoms with E-state index in [0.29, 0.717) is 12.4 Å². The molecule has 4 rings (SSSR count). The number of sulfone groups is 1. The lowest BCUT2D eigenvalue weighted by atomic mass is 10.2. The summed E-state index contributed by atoms with van der Waals surface area (Å²) in [6, 6.07) is 14.9. The van der Waals surface area contributed by atoms with Gasteiger partial charge in [-0.15, -0.1) is 5.10 Å². The number of aromatic nitrogens is 4. The van der Waals surface area contributed by atoms with Gasteiger partial charge in [0.1, 0.15) is 0 Å². The third-order valence-corrected chi connectivity index (χ3v) is 5.49. The molecule has 2 aromatic carbocycles. The molecule has 1 aromatic heterocycles. The summed E-state index contributed by atoms with van der Waals surface area (Å²) < 4.78 is 24.8. The van der Waals surface area contributed by atoms with Crippen molar-refractivity contribution in [3.05, 3.63) is 59.9 Å². The average Bonchev–Trinajstić information content (AvgIpc) is 3.22. The average molecular weight is 355 g/mol. The summed E-state index contributed by atoms with van der Waals surface area (Å²) in [5.74, 6) is 0.712. The maximum atomic E-state index is 11.6. The van der Waals surface area contributed by atoms with Crippen LogP contribution in [0.3, 0.4) is 0 Å². The van der Waals surface area contributed by atoms with Crippen molar-refractivity contribution in [1.82, 2.24) is 20.2 Å². The van der Waals surface area contributed by atoms with E-state index in [1.54, 1.807) is 28.9 Å². The van der Waals surface area contributed by atoms with Crippen LogP contribution in [0.25, 0.3) is 5.69 Å². The van der Waals surface area contributed by atoms with Crippen molar-refractivity contribution in [3.8, 4) is 5.69 Å². The van der Waals surface area contributed by atoms with Crippen LogP contribution in [0, 0.1) is 0 Å². The number of benzene rings is 2. The van der Waals surface area contributed by atoms with Gasteiger partial charge in [0, 0.05) is 18.5 Å². The fraction of sp³-hybridized carbons (Fsp3) is 0.235. The second-order valence-corrected chi connectivity index (χ2v) is 8.09. The molecule has 0 saturated heterocycles. The molecule has 0 N–H and O–H groups in total. The third kappa shape index (κ3) is 3.00. The van der Waals surface area contributed by atoms with E-state index in [9.17, 15) is 8.42 Å². The lowest BCUT2D eigenvalue weighted by Crippen LogP contribution is -2.22. The normalized spacial score (nSPS) is 13.9. The minimum absolute atomic E-state index is 0.277. The predicted octanol–water partition coefficient (Wildman–Crippen LogP) is 1.63. The van der Waals surface area contributed by atoms with Gasteiger partial charge in [-0.05, 0) is 52.7 Å². The van der Waals surface area contributed by atoms with Crippen molar-refractivity contribution in [3.63, 3.8) is 0 Å². The van der Waals surface area contributed by atoms with Gasteiger partial charge in [-0.2, -0.15) is 4.68 Å². The van der Waals surface area contributed by atoms with Crippen LogP contribution in [0.4, 0.5) is 5.69 Å². The standard InChI is InChI=1S/C17H17N5O2S/c1-25(23,24)15-8-6-14(7-9-15)22-17(18-19-20-22)12-21-11-10-13-4-2-3-5-16(13)21/h2-9H,10-12H2,1H3. The largest absolute Gasteiger partial charge is 0.363 e. The Kier molecular flexibility index (Phi) is 3.76. The monoisotopic (exact) mass is 355 g/mol. The zero-order valence-corrected chi connectivity index (χ0v) is 14.5. The first-order valence-corrected chi connectivity index (χ1v) is 9.82. The van der Waals surface area contributed by atoms with Crippen molar-refractivity contribution in [2.75, 3.05) is 17.7 Å². The first-order valence-electron chi connectivity index (χ1n) is 7.93. The Hall–Kier alpha value is -2.74. The molecule has 1 aliphatic rings. The molecular weight excluding hydrogens is 338 g/mol. The summed E-state index contributed by atoms with van der Waals surface area (Å²) in [5.41, 5.74) is 3.28. The van der Waals surface area contributed by atoms with Crippen molar-refractivity contribution in [2.24, 2.45) is 0 Å². The summed E-state index contributed by atoms with van der Waals surface area (Å²) in [6.45, 7) is 1.52.